The van der Waals surface area contributed by atoms with Crippen molar-refractivity contribution in [1.29, 1.82) is 0 Å². The first kappa shape index (κ1) is 15.5. The smallest absolute Gasteiger partial charge is 0.138 e. The lowest BCUT2D eigenvalue weighted by atomic mass is 10.1. The van der Waals surface area contributed by atoms with Gasteiger partial charge in [-0.25, -0.2) is 0 Å². The second kappa shape index (κ2) is 7.22. The zero-order valence-corrected chi connectivity index (χ0v) is 13.2. The van der Waals surface area contributed by atoms with Crippen LogP contribution < -0.4 is 10.1 Å². The van der Waals surface area contributed by atoms with Crippen molar-refractivity contribution in [3.8, 4) is 5.75 Å². The number of nitrogens with one attached hydrogen (secondary N) is 1. The summed E-state index contributed by atoms with van der Waals surface area (Å²) in [5.41, 5.74) is 2.21. The van der Waals surface area contributed by atoms with E-state index in [-0.39, 0.29) is 12.1 Å². The third kappa shape index (κ3) is 4.04. The molecule has 0 aliphatic rings. The quantitative estimate of drug-likeness (QED) is 0.851. The van der Waals surface area contributed by atoms with Crippen molar-refractivity contribution in [1.82, 2.24) is 20.1 Å². The minimum Gasteiger partial charge on any atom is -0.489 e. The highest BCUT2D eigenvalue weighted by Gasteiger charge is 2.17. The molecule has 5 heteroatoms. The average Bonchev–Trinajstić information content (AvgIpc) is 2.85. The van der Waals surface area contributed by atoms with Gasteiger partial charge in [-0.1, -0.05) is 6.92 Å². The number of ether oxygens (including phenoxy) is 1. The van der Waals surface area contributed by atoms with Crippen LogP contribution in [0.4, 0.5) is 0 Å². The predicted molar refractivity (Wildman–Crippen MR) is 83.3 cm³/mol. The minimum atomic E-state index is 0.0701. The van der Waals surface area contributed by atoms with Crippen molar-refractivity contribution in [3.05, 3.63) is 42.0 Å². The molecule has 2 aromatic heterocycles. The third-order valence-corrected chi connectivity index (χ3v) is 3.19. The van der Waals surface area contributed by atoms with E-state index in [2.05, 4.69) is 22.3 Å². The maximum Gasteiger partial charge on any atom is 0.138 e. The van der Waals surface area contributed by atoms with Crippen LogP contribution >= 0.6 is 0 Å². The van der Waals surface area contributed by atoms with E-state index in [0.29, 0.717) is 0 Å². The van der Waals surface area contributed by atoms with Crippen molar-refractivity contribution >= 4 is 0 Å². The Hall–Kier alpha value is -1.88. The molecule has 0 aromatic carbocycles. The van der Waals surface area contributed by atoms with E-state index in [1.54, 1.807) is 6.20 Å². The van der Waals surface area contributed by atoms with Gasteiger partial charge in [0, 0.05) is 19.4 Å². The van der Waals surface area contributed by atoms with Crippen LogP contribution in [-0.4, -0.2) is 27.4 Å². The summed E-state index contributed by atoms with van der Waals surface area (Å²) in [4.78, 5) is 4.31. The lowest BCUT2D eigenvalue weighted by Gasteiger charge is -2.20. The predicted octanol–water partition coefficient (Wildman–Crippen LogP) is 2.69. The average molecular weight is 288 g/mol. The lowest BCUT2D eigenvalue weighted by Crippen LogP contribution is -2.25. The minimum absolute atomic E-state index is 0.0701. The van der Waals surface area contributed by atoms with Gasteiger partial charge in [0.15, 0.2) is 0 Å². The molecule has 2 aromatic rings. The highest BCUT2D eigenvalue weighted by molar-refractivity contribution is 5.31. The standard InChI is InChI=1S/C16H24N4O/c1-5-7-18-16(15-6-8-19-20(15)4)13-9-14(11-17-10-13)21-12(2)3/h6,8-12,16,18H,5,7H2,1-4H3. The first-order chi connectivity index (χ1) is 10.1. The van der Waals surface area contributed by atoms with Crippen LogP contribution in [0.5, 0.6) is 5.75 Å². The van der Waals surface area contributed by atoms with Crippen molar-refractivity contribution in [2.75, 3.05) is 6.54 Å². The molecule has 5 nitrogen and oxygen atoms in total. The van der Waals surface area contributed by atoms with Gasteiger partial charge >= 0.3 is 0 Å². The van der Waals surface area contributed by atoms with Crippen LogP contribution in [0.25, 0.3) is 0 Å². The summed E-state index contributed by atoms with van der Waals surface area (Å²) in [6, 6.07) is 4.15. The van der Waals surface area contributed by atoms with E-state index < -0.39 is 0 Å². The molecular formula is C16H24N4O. The summed E-state index contributed by atoms with van der Waals surface area (Å²) in [6.07, 6.45) is 6.67. The number of hydrogen-bond donors (Lipinski definition) is 1. The molecule has 0 fully saturated rings. The fourth-order valence-corrected chi connectivity index (χ4v) is 2.28. The van der Waals surface area contributed by atoms with Gasteiger partial charge in [-0.05, 0) is 44.5 Å². The van der Waals surface area contributed by atoms with Gasteiger partial charge in [0.2, 0.25) is 0 Å². The molecule has 2 heterocycles. The Morgan fingerprint density at radius 2 is 2.14 bits per heavy atom. The number of hydrogen-bond acceptors (Lipinski definition) is 4. The number of nitrogens with zero attached hydrogens (tertiary/aromatic N) is 3. The van der Waals surface area contributed by atoms with Gasteiger partial charge in [0.05, 0.1) is 24.0 Å². The summed E-state index contributed by atoms with van der Waals surface area (Å²) in [7, 11) is 1.96. The summed E-state index contributed by atoms with van der Waals surface area (Å²) >= 11 is 0. The van der Waals surface area contributed by atoms with Gasteiger partial charge in [0.25, 0.3) is 0 Å². The van der Waals surface area contributed by atoms with E-state index >= 15 is 0 Å². The van der Waals surface area contributed by atoms with Gasteiger partial charge in [-0.15, -0.1) is 0 Å². The maximum absolute atomic E-state index is 5.74. The van der Waals surface area contributed by atoms with Crippen molar-refractivity contribution in [2.24, 2.45) is 7.05 Å². The molecule has 21 heavy (non-hydrogen) atoms. The van der Waals surface area contributed by atoms with Crippen LogP contribution in [0.3, 0.4) is 0 Å². The fourth-order valence-electron chi connectivity index (χ4n) is 2.28. The molecule has 1 N–H and O–H groups in total. The molecule has 1 atom stereocenters. The molecule has 114 valence electrons. The summed E-state index contributed by atoms with van der Waals surface area (Å²) in [5.74, 6) is 0.799. The number of aromatic nitrogens is 3. The second-order valence-corrected chi connectivity index (χ2v) is 5.39. The molecule has 0 spiro atoms. The van der Waals surface area contributed by atoms with Crippen molar-refractivity contribution in [3.63, 3.8) is 0 Å². The molecular weight excluding hydrogens is 264 g/mol. The third-order valence-electron chi connectivity index (χ3n) is 3.19. The highest BCUT2D eigenvalue weighted by Crippen LogP contribution is 2.24. The van der Waals surface area contributed by atoms with E-state index in [4.69, 9.17) is 4.74 Å². The van der Waals surface area contributed by atoms with E-state index in [0.717, 1.165) is 30.0 Å². The first-order valence-electron chi connectivity index (χ1n) is 7.44. The molecule has 1 unspecified atom stereocenters. The largest absolute Gasteiger partial charge is 0.489 e. The lowest BCUT2D eigenvalue weighted by molar-refractivity contribution is 0.241. The van der Waals surface area contributed by atoms with Crippen molar-refractivity contribution in [2.45, 2.75) is 39.3 Å². The van der Waals surface area contributed by atoms with Crippen LogP contribution in [-0.2, 0) is 7.05 Å². The van der Waals surface area contributed by atoms with Crippen molar-refractivity contribution < 1.29 is 4.74 Å². The number of aryl methyl sites for hydroxylation is 1. The molecule has 0 saturated heterocycles. The summed E-state index contributed by atoms with van der Waals surface area (Å²) in [5, 5.41) is 7.82. The molecule has 0 amide bonds. The Morgan fingerprint density at radius 3 is 2.76 bits per heavy atom. The molecule has 2 rings (SSSR count). The summed E-state index contributed by atoms with van der Waals surface area (Å²) in [6.45, 7) is 7.12. The Bertz CT molecular complexity index is 565. The highest BCUT2D eigenvalue weighted by atomic mass is 16.5. The van der Waals surface area contributed by atoms with Gasteiger partial charge < -0.3 is 10.1 Å². The van der Waals surface area contributed by atoms with Gasteiger partial charge in [-0.2, -0.15) is 5.10 Å². The monoisotopic (exact) mass is 288 g/mol. The zero-order valence-electron chi connectivity index (χ0n) is 13.2. The normalized spacial score (nSPS) is 12.6. The molecule has 0 saturated carbocycles. The molecule has 0 aliphatic carbocycles. The van der Waals surface area contributed by atoms with Crippen LogP contribution in [0.15, 0.2) is 30.7 Å². The van der Waals surface area contributed by atoms with E-state index in [1.807, 2.05) is 50.1 Å². The SMILES string of the molecule is CCCNC(c1cncc(OC(C)C)c1)c1ccnn1C. The fraction of sp³-hybridized carbons (Fsp3) is 0.500. The van der Waals surface area contributed by atoms with E-state index in [9.17, 15) is 0 Å². The van der Waals surface area contributed by atoms with E-state index in [1.165, 1.54) is 0 Å². The van der Waals surface area contributed by atoms with Crippen LogP contribution in [0.2, 0.25) is 0 Å². The number of rotatable bonds is 7. The van der Waals surface area contributed by atoms with Gasteiger partial charge in [-0.3, -0.25) is 9.67 Å². The molecule has 0 radical (unpaired) electrons. The van der Waals surface area contributed by atoms with Gasteiger partial charge in [0.1, 0.15) is 5.75 Å². The Kier molecular flexibility index (Phi) is 5.33. The second-order valence-electron chi connectivity index (χ2n) is 5.39. The topological polar surface area (TPSA) is 52.0 Å². The number of pyridine rings is 1. The Balaban J connectivity index is 2.30. The Morgan fingerprint density at radius 1 is 1.33 bits per heavy atom. The van der Waals surface area contributed by atoms with Crippen LogP contribution in [0.1, 0.15) is 44.5 Å². The molecule has 0 bridgehead atoms. The Labute approximate surface area is 126 Å². The molecule has 0 aliphatic heterocycles. The maximum atomic E-state index is 5.74. The van der Waals surface area contributed by atoms with Crippen LogP contribution in [0, 0.1) is 0 Å². The summed E-state index contributed by atoms with van der Waals surface area (Å²) < 4.78 is 7.64. The first-order valence-corrected chi connectivity index (χ1v) is 7.44. The zero-order chi connectivity index (χ0) is 15.2.